The molecule has 0 aliphatic carbocycles. The second-order valence-corrected chi connectivity index (χ2v) is 6.05. The van der Waals surface area contributed by atoms with Gasteiger partial charge in [0.2, 0.25) is 5.91 Å². The van der Waals surface area contributed by atoms with Crippen molar-refractivity contribution in [3.05, 3.63) is 29.8 Å². The highest BCUT2D eigenvalue weighted by atomic mass is 16.5. The summed E-state index contributed by atoms with van der Waals surface area (Å²) in [6.45, 7) is 5.28. The van der Waals surface area contributed by atoms with Crippen molar-refractivity contribution in [1.29, 1.82) is 5.26 Å². The van der Waals surface area contributed by atoms with E-state index >= 15 is 0 Å². The van der Waals surface area contributed by atoms with E-state index in [1.54, 1.807) is 12.1 Å². The first kappa shape index (κ1) is 16.3. The molecule has 1 aliphatic rings. The van der Waals surface area contributed by atoms with Gasteiger partial charge in [0.15, 0.2) is 0 Å². The molecule has 1 aromatic rings. The SMILES string of the molecule is CC(C)[C@H](N)C(=O)N1CCC(Oc2ccc(C#N)cc2)CC1. The molecule has 1 aromatic carbocycles. The molecule has 0 saturated carbocycles. The topological polar surface area (TPSA) is 79.3 Å². The first-order valence-corrected chi connectivity index (χ1v) is 7.72. The molecule has 5 heteroatoms. The number of carbonyl (C=O) groups is 1. The van der Waals surface area contributed by atoms with Crippen LogP contribution in [0.25, 0.3) is 0 Å². The fourth-order valence-corrected chi connectivity index (χ4v) is 2.49. The number of rotatable bonds is 4. The van der Waals surface area contributed by atoms with Crippen LogP contribution in [-0.4, -0.2) is 36.0 Å². The van der Waals surface area contributed by atoms with E-state index in [9.17, 15) is 4.79 Å². The van der Waals surface area contributed by atoms with Gasteiger partial charge in [-0.25, -0.2) is 0 Å². The molecule has 0 aromatic heterocycles. The van der Waals surface area contributed by atoms with Gasteiger partial charge in [0.1, 0.15) is 11.9 Å². The Hall–Kier alpha value is -2.06. The van der Waals surface area contributed by atoms with Gasteiger partial charge in [0, 0.05) is 25.9 Å². The summed E-state index contributed by atoms with van der Waals surface area (Å²) in [6, 6.07) is 8.78. The quantitative estimate of drug-likeness (QED) is 0.921. The molecule has 0 bridgehead atoms. The van der Waals surface area contributed by atoms with Gasteiger partial charge in [-0.1, -0.05) is 13.8 Å². The third kappa shape index (κ3) is 3.99. The number of hydrogen-bond acceptors (Lipinski definition) is 4. The van der Waals surface area contributed by atoms with E-state index in [0.717, 1.165) is 18.6 Å². The van der Waals surface area contributed by atoms with Gasteiger partial charge in [0.05, 0.1) is 17.7 Å². The van der Waals surface area contributed by atoms with Crippen molar-refractivity contribution in [2.24, 2.45) is 11.7 Å². The molecule has 0 unspecified atom stereocenters. The summed E-state index contributed by atoms with van der Waals surface area (Å²) >= 11 is 0. The van der Waals surface area contributed by atoms with Crippen molar-refractivity contribution in [3.8, 4) is 11.8 Å². The molecule has 1 fully saturated rings. The molecule has 118 valence electrons. The van der Waals surface area contributed by atoms with Crippen molar-refractivity contribution in [2.45, 2.75) is 38.8 Å². The zero-order valence-corrected chi connectivity index (χ0v) is 13.2. The predicted octanol–water partition coefficient (Wildman–Crippen LogP) is 1.91. The van der Waals surface area contributed by atoms with E-state index in [0.29, 0.717) is 18.7 Å². The van der Waals surface area contributed by atoms with Crippen LogP contribution in [-0.2, 0) is 4.79 Å². The van der Waals surface area contributed by atoms with Crippen LogP contribution in [0.1, 0.15) is 32.3 Å². The van der Waals surface area contributed by atoms with Crippen LogP contribution in [0, 0.1) is 17.2 Å². The summed E-state index contributed by atoms with van der Waals surface area (Å²) in [4.78, 5) is 14.0. The summed E-state index contributed by atoms with van der Waals surface area (Å²) < 4.78 is 5.91. The molecular weight excluding hydrogens is 278 g/mol. The van der Waals surface area contributed by atoms with E-state index in [1.165, 1.54) is 0 Å². The molecule has 1 atom stereocenters. The Labute approximate surface area is 131 Å². The second kappa shape index (κ2) is 7.28. The lowest BCUT2D eigenvalue weighted by molar-refractivity contribution is -0.135. The third-order valence-corrected chi connectivity index (χ3v) is 4.04. The molecule has 5 nitrogen and oxygen atoms in total. The Morgan fingerprint density at radius 3 is 2.41 bits per heavy atom. The van der Waals surface area contributed by atoms with Crippen molar-refractivity contribution < 1.29 is 9.53 Å². The minimum atomic E-state index is -0.420. The van der Waals surface area contributed by atoms with Crippen LogP contribution in [0.15, 0.2) is 24.3 Å². The largest absolute Gasteiger partial charge is 0.490 e. The maximum absolute atomic E-state index is 12.2. The highest BCUT2D eigenvalue weighted by Crippen LogP contribution is 2.20. The molecule has 1 aliphatic heterocycles. The van der Waals surface area contributed by atoms with E-state index in [2.05, 4.69) is 6.07 Å². The Morgan fingerprint density at radius 1 is 1.32 bits per heavy atom. The number of amides is 1. The van der Waals surface area contributed by atoms with Gasteiger partial charge in [-0.3, -0.25) is 4.79 Å². The van der Waals surface area contributed by atoms with Crippen LogP contribution in [0.2, 0.25) is 0 Å². The predicted molar refractivity (Wildman–Crippen MR) is 84.2 cm³/mol. The summed E-state index contributed by atoms with van der Waals surface area (Å²) in [5.74, 6) is 0.953. The van der Waals surface area contributed by atoms with E-state index < -0.39 is 6.04 Å². The van der Waals surface area contributed by atoms with E-state index in [4.69, 9.17) is 15.7 Å². The number of ether oxygens (including phenoxy) is 1. The number of nitrogens with two attached hydrogens (primary N) is 1. The third-order valence-electron chi connectivity index (χ3n) is 4.04. The summed E-state index contributed by atoms with van der Waals surface area (Å²) in [7, 11) is 0. The van der Waals surface area contributed by atoms with E-state index in [1.807, 2.05) is 30.9 Å². The van der Waals surface area contributed by atoms with Gasteiger partial charge >= 0.3 is 0 Å². The lowest BCUT2D eigenvalue weighted by atomic mass is 10.0. The Kier molecular flexibility index (Phi) is 5.40. The maximum atomic E-state index is 12.2. The first-order valence-electron chi connectivity index (χ1n) is 7.72. The number of likely N-dealkylation sites (tertiary alicyclic amines) is 1. The molecule has 1 saturated heterocycles. The molecule has 0 radical (unpaired) electrons. The number of benzene rings is 1. The molecule has 1 amide bonds. The fraction of sp³-hybridized carbons (Fsp3) is 0.529. The van der Waals surface area contributed by atoms with Crippen LogP contribution >= 0.6 is 0 Å². The normalized spacial score (nSPS) is 17.1. The van der Waals surface area contributed by atoms with Gasteiger partial charge in [-0.05, 0) is 30.2 Å². The lowest BCUT2D eigenvalue weighted by Crippen LogP contribution is -2.50. The molecule has 0 spiro atoms. The van der Waals surface area contributed by atoms with Gasteiger partial charge in [-0.15, -0.1) is 0 Å². The minimum absolute atomic E-state index is 0.0341. The lowest BCUT2D eigenvalue weighted by Gasteiger charge is -2.34. The smallest absolute Gasteiger partial charge is 0.239 e. The molecule has 2 N–H and O–H groups in total. The maximum Gasteiger partial charge on any atom is 0.239 e. The van der Waals surface area contributed by atoms with Crippen LogP contribution in [0.3, 0.4) is 0 Å². The monoisotopic (exact) mass is 301 g/mol. The molecular formula is C17H23N3O2. The number of nitriles is 1. The average molecular weight is 301 g/mol. The van der Waals surface area contributed by atoms with Crippen LogP contribution in [0.5, 0.6) is 5.75 Å². The fourth-order valence-electron chi connectivity index (χ4n) is 2.49. The van der Waals surface area contributed by atoms with Gasteiger partial charge < -0.3 is 15.4 Å². The zero-order valence-electron chi connectivity index (χ0n) is 13.2. The van der Waals surface area contributed by atoms with Crippen molar-refractivity contribution in [3.63, 3.8) is 0 Å². The van der Waals surface area contributed by atoms with Crippen LogP contribution in [0.4, 0.5) is 0 Å². The molecule has 22 heavy (non-hydrogen) atoms. The minimum Gasteiger partial charge on any atom is -0.490 e. The van der Waals surface area contributed by atoms with Gasteiger partial charge in [0.25, 0.3) is 0 Å². The van der Waals surface area contributed by atoms with Crippen molar-refractivity contribution >= 4 is 5.91 Å². The number of hydrogen-bond donors (Lipinski definition) is 1. The van der Waals surface area contributed by atoms with E-state index in [-0.39, 0.29) is 17.9 Å². The zero-order chi connectivity index (χ0) is 16.1. The highest BCUT2D eigenvalue weighted by molar-refractivity contribution is 5.82. The summed E-state index contributed by atoms with van der Waals surface area (Å²) in [5.41, 5.74) is 6.55. The van der Waals surface area contributed by atoms with Crippen LogP contribution < -0.4 is 10.5 Å². The molecule has 1 heterocycles. The average Bonchev–Trinajstić information content (AvgIpc) is 2.55. The molecule has 2 rings (SSSR count). The second-order valence-electron chi connectivity index (χ2n) is 6.05. The van der Waals surface area contributed by atoms with Gasteiger partial charge in [-0.2, -0.15) is 5.26 Å². The Balaban J connectivity index is 1.84. The number of nitrogens with zero attached hydrogens (tertiary/aromatic N) is 2. The highest BCUT2D eigenvalue weighted by Gasteiger charge is 2.28. The number of piperidine rings is 1. The Morgan fingerprint density at radius 2 is 1.91 bits per heavy atom. The Bertz CT molecular complexity index is 540. The number of carbonyl (C=O) groups excluding carboxylic acids is 1. The summed E-state index contributed by atoms with van der Waals surface area (Å²) in [5, 5.41) is 8.78. The first-order chi connectivity index (χ1) is 10.5. The summed E-state index contributed by atoms with van der Waals surface area (Å²) in [6.07, 6.45) is 1.71. The standard InChI is InChI=1S/C17H23N3O2/c1-12(2)16(19)17(21)20-9-7-15(8-10-20)22-14-5-3-13(11-18)4-6-14/h3-6,12,15-16H,7-10,19H2,1-2H3/t16-/m0/s1. The van der Waals surface area contributed by atoms with Crippen molar-refractivity contribution in [1.82, 2.24) is 4.90 Å². The van der Waals surface area contributed by atoms with Crippen molar-refractivity contribution in [2.75, 3.05) is 13.1 Å².